The van der Waals surface area contributed by atoms with Gasteiger partial charge in [0.25, 0.3) is 23.1 Å². The largest absolute Gasteiger partial charge is 0.497 e. The molecule has 0 aliphatic carbocycles. The van der Waals surface area contributed by atoms with Gasteiger partial charge in [-0.15, -0.1) is 0 Å². The van der Waals surface area contributed by atoms with Crippen LogP contribution in [-0.4, -0.2) is 60.7 Å². The molecule has 2 aromatic rings. The first-order valence-electron chi connectivity index (χ1n) is 9.66. The summed E-state index contributed by atoms with van der Waals surface area (Å²) in [6, 6.07) is 11.7. The highest BCUT2D eigenvalue weighted by atomic mass is 16.8. The Balaban J connectivity index is 1.96. The molecule has 170 valence electrons. The summed E-state index contributed by atoms with van der Waals surface area (Å²) in [6.07, 6.45) is 0. The van der Waals surface area contributed by atoms with Crippen LogP contribution in [0.5, 0.6) is 5.75 Å². The standard InChI is InChI=1S/C22H23NO9/c1-18(2)20(24,25)22(28,29)21(26,27)19(32-18)17-9-16(12-4-6-15(30-3)7-5-12)13(10-23)8-14(17)11-31-19/h4-9,24-29H,11H2,1-3H3. The summed E-state index contributed by atoms with van der Waals surface area (Å²) in [5.74, 6) is -13.1. The third kappa shape index (κ3) is 2.62. The average molecular weight is 445 g/mol. The maximum atomic E-state index is 10.8. The van der Waals surface area contributed by atoms with Gasteiger partial charge in [-0.3, -0.25) is 0 Å². The van der Waals surface area contributed by atoms with Gasteiger partial charge < -0.3 is 44.8 Å². The Morgan fingerprint density at radius 3 is 2.12 bits per heavy atom. The van der Waals surface area contributed by atoms with E-state index < -0.39 is 28.7 Å². The van der Waals surface area contributed by atoms with Crippen molar-refractivity contribution in [1.29, 1.82) is 5.26 Å². The quantitative estimate of drug-likeness (QED) is 0.339. The summed E-state index contributed by atoms with van der Waals surface area (Å²) in [5, 5.41) is 72.9. The first-order valence-corrected chi connectivity index (χ1v) is 9.66. The fraction of sp³-hybridized carbons (Fsp3) is 0.409. The van der Waals surface area contributed by atoms with Gasteiger partial charge in [-0.2, -0.15) is 5.26 Å². The SMILES string of the molecule is COc1ccc(-c2cc3c(cc2C#N)COC32OC(C)(C)C(O)(O)C(O)(O)C2(O)O)cc1. The highest BCUT2D eigenvalue weighted by molar-refractivity contribution is 5.73. The molecule has 10 heteroatoms. The van der Waals surface area contributed by atoms with Crippen molar-refractivity contribution in [3.8, 4) is 22.9 Å². The first-order chi connectivity index (χ1) is 14.8. The molecule has 32 heavy (non-hydrogen) atoms. The minimum absolute atomic E-state index is 0.0108. The molecule has 6 N–H and O–H groups in total. The molecule has 2 heterocycles. The molecular weight excluding hydrogens is 422 g/mol. The Hall–Kier alpha value is -2.59. The maximum Gasteiger partial charge on any atom is 0.285 e. The lowest BCUT2D eigenvalue weighted by molar-refractivity contribution is -0.584. The molecule has 2 aliphatic heterocycles. The lowest BCUT2D eigenvalue weighted by Crippen LogP contribution is -2.85. The molecule has 2 aromatic carbocycles. The molecular formula is C22H23NO9. The second-order valence-electron chi connectivity index (χ2n) is 8.43. The van der Waals surface area contributed by atoms with Crippen molar-refractivity contribution in [1.82, 2.24) is 0 Å². The average Bonchev–Trinajstić information content (AvgIpc) is 3.10. The molecule has 2 aliphatic rings. The Kier molecular flexibility index (Phi) is 4.74. The number of fused-ring (bicyclic) bond motifs is 2. The smallest absolute Gasteiger partial charge is 0.285 e. The number of aliphatic hydroxyl groups is 6. The zero-order chi connectivity index (χ0) is 23.7. The van der Waals surface area contributed by atoms with Crippen molar-refractivity contribution in [2.45, 2.75) is 49.2 Å². The Labute approximate surface area is 183 Å². The van der Waals surface area contributed by atoms with Gasteiger partial charge in [0.2, 0.25) is 0 Å². The van der Waals surface area contributed by atoms with Crippen LogP contribution >= 0.6 is 0 Å². The second-order valence-corrected chi connectivity index (χ2v) is 8.43. The van der Waals surface area contributed by atoms with E-state index in [-0.39, 0.29) is 17.7 Å². The Bertz CT molecular complexity index is 1120. The summed E-state index contributed by atoms with van der Waals surface area (Å²) in [7, 11) is 1.51. The van der Waals surface area contributed by atoms with E-state index in [1.165, 1.54) is 19.2 Å². The van der Waals surface area contributed by atoms with Gasteiger partial charge in [0, 0.05) is 5.56 Å². The van der Waals surface area contributed by atoms with E-state index in [0.717, 1.165) is 13.8 Å². The van der Waals surface area contributed by atoms with Gasteiger partial charge in [0.05, 0.1) is 25.3 Å². The lowest BCUT2D eigenvalue weighted by atomic mass is 9.74. The summed E-state index contributed by atoms with van der Waals surface area (Å²) in [5.41, 5.74) is -0.612. The van der Waals surface area contributed by atoms with Crippen LogP contribution in [-0.2, 0) is 21.9 Å². The van der Waals surface area contributed by atoms with Crippen LogP contribution in [0.15, 0.2) is 36.4 Å². The topological polar surface area (TPSA) is 173 Å². The molecule has 0 radical (unpaired) electrons. The molecule has 1 atom stereocenters. The van der Waals surface area contributed by atoms with E-state index in [4.69, 9.17) is 14.2 Å². The summed E-state index contributed by atoms with van der Waals surface area (Å²) in [6.45, 7) is 1.98. The normalized spacial score (nSPS) is 26.4. The van der Waals surface area contributed by atoms with Crippen molar-refractivity contribution in [3.63, 3.8) is 0 Å². The minimum atomic E-state index is -3.89. The molecule has 0 aromatic heterocycles. The van der Waals surface area contributed by atoms with Crippen LogP contribution in [0.3, 0.4) is 0 Å². The summed E-state index contributed by atoms with van der Waals surface area (Å²) in [4.78, 5) is 0. The van der Waals surface area contributed by atoms with Crippen molar-refractivity contribution < 1.29 is 44.8 Å². The Morgan fingerprint density at radius 1 is 0.938 bits per heavy atom. The van der Waals surface area contributed by atoms with Crippen LogP contribution < -0.4 is 4.74 Å². The van der Waals surface area contributed by atoms with E-state index >= 15 is 0 Å². The zero-order valence-electron chi connectivity index (χ0n) is 17.5. The fourth-order valence-corrected chi connectivity index (χ4v) is 4.20. The van der Waals surface area contributed by atoms with Crippen molar-refractivity contribution in [2.24, 2.45) is 0 Å². The zero-order valence-corrected chi connectivity index (χ0v) is 17.5. The third-order valence-electron chi connectivity index (χ3n) is 6.22. The van der Waals surface area contributed by atoms with Crippen LogP contribution in [0.2, 0.25) is 0 Å². The van der Waals surface area contributed by atoms with E-state index in [1.54, 1.807) is 24.3 Å². The van der Waals surface area contributed by atoms with Gasteiger partial charge in [-0.25, -0.2) is 0 Å². The third-order valence-corrected chi connectivity index (χ3v) is 6.22. The summed E-state index contributed by atoms with van der Waals surface area (Å²) < 4.78 is 16.4. The highest BCUT2D eigenvalue weighted by Gasteiger charge is 2.82. The van der Waals surface area contributed by atoms with E-state index in [2.05, 4.69) is 6.07 Å². The molecule has 0 saturated carbocycles. The van der Waals surface area contributed by atoms with Gasteiger partial charge in [0.1, 0.15) is 11.4 Å². The van der Waals surface area contributed by atoms with E-state index in [9.17, 15) is 35.9 Å². The number of hydrogen-bond donors (Lipinski definition) is 6. The Morgan fingerprint density at radius 2 is 1.56 bits per heavy atom. The van der Waals surface area contributed by atoms with Crippen LogP contribution in [0.25, 0.3) is 11.1 Å². The molecule has 1 saturated heterocycles. The van der Waals surface area contributed by atoms with Crippen LogP contribution in [0.1, 0.15) is 30.5 Å². The van der Waals surface area contributed by atoms with Crippen molar-refractivity contribution >= 4 is 0 Å². The second kappa shape index (κ2) is 6.71. The number of nitrogens with zero attached hydrogens (tertiary/aromatic N) is 1. The molecule has 1 fully saturated rings. The maximum absolute atomic E-state index is 10.8. The van der Waals surface area contributed by atoms with Gasteiger partial charge >= 0.3 is 0 Å². The summed E-state index contributed by atoms with van der Waals surface area (Å²) >= 11 is 0. The van der Waals surface area contributed by atoms with E-state index in [1.807, 2.05) is 0 Å². The number of nitriles is 1. The molecule has 0 amide bonds. The van der Waals surface area contributed by atoms with Gasteiger partial charge in [-0.05, 0) is 54.8 Å². The lowest BCUT2D eigenvalue weighted by Gasteiger charge is -2.60. The number of benzene rings is 2. The van der Waals surface area contributed by atoms with Crippen molar-refractivity contribution in [2.75, 3.05) is 7.11 Å². The first kappa shape index (κ1) is 22.6. The van der Waals surface area contributed by atoms with Gasteiger partial charge in [0.15, 0.2) is 0 Å². The predicted molar refractivity (Wildman–Crippen MR) is 106 cm³/mol. The molecule has 1 spiro atoms. The van der Waals surface area contributed by atoms with Crippen LogP contribution in [0, 0.1) is 11.3 Å². The predicted octanol–water partition coefficient (Wildman–Crippen LogP) is -0.232. The monoisotopic (exact) mass is 445 g/mol. The highest BCUT2D eigenvalue weighted by Crippen LogP contribution is 2.58. The van der Waals surface area contributed by atoms with Crippen LogP contribution in [0.4, 0.5) is 0 Å². The molecule has 4 rings (SSSR count). The van der Waals surface area contributed by atoms with E-state index in [0.29, 0.717) is 22.4 Å². The molecule has 10 nitrogen and oxygen atoms in total. The van der Waals surface area contributed by atoms with Gasteiger partial charge in [-0.1, -0.05) is 12.1 Å². The number of methoxy groups -OCH3 is 1. The fourth-order valence-electron chi connectivity index (χ4n) is 4.20. The number of ether oxygens (including phenoxy) is 3. The number of hydrogen-bond acceptors (Lipinski definition) is 10. The molecule has 0 bridgehead atoms. The van der Waals surface area contributed by atoms with Crippen molar-refractivity contribution in [3.05, 3.63) is 53.1 Å². The molecule has 1 unspecified atom stereocenters. The number of rotatable bonds is 2. The minimum Gasteiger partial charge on any atom is -0.497 e.